The Bertz CT molecular complexity index is 571. The van der Waals surface area contributed by atoms with Crippen LogP contribution in [0.15, 0.2) is 24.3 Å². The standard InChI is InChI=1S/C14H16F2N2O3/c15-14(16,13(21)5-2-6-13)12(20)18-8-9-3-1-4-10(7-9)11(17)19/h1,3-4,7,21H,2,5-6,8H2,(H2,17,19)(H,18,20). The molecule has 1 saturated carbocycles. The minimum Gasteiger partial charge on any atom is -0.383 e. The second-order valence-electron chi connectivity index (χ2n) is 5.21. The number of nitrogens with one attached hydrogen (secondary N) is 1. The van der Waals surface area contributed by atoms with Crippen LogP contribution in [0, 0.1) is 0 Å². The summed E-state index contributed by atoms with van der Waals surface area (Å²) in [7, 11) is 0. The molecule has 7 heteroatoms. The summed E-state index contributed by atoms with van der Waals surface area (Å²) in [5, 5.41) is 11.7. The number of aliphatic hydroxyl groups is 1. The fourth-order valence-corrected chi connectivity index (χ4v) is 2.16. The van der Waals surface area contributed by atoms with Crippen LogP contribution in [0.4, 0.5) is 8.78 Å². The van der Waals surface area contributed by atoms with Crippen molar-refractivity contribution in [2.45, 2.75) is 37.3 Å². The number of carbonyl (C=O) groups is 2. The van der Waals surface area contributed by atoms with Crippen molar-refractivity contribution >= 4 is 11.8 Å². The molecule has 1 aliphatic carbocycles. The molecule has 114 valence electrons. The first kappa shape index (κ1) is 15.4. The molecule has 0 radical (unpaired) electrons. The number of amides is 2. The minimum atomic E-state index is -3.83. The van der Waals surface area contributed by atoms with Gasteiger partial charge in [0.25, 0.3) is 5.91 Å². The molecular formula is C14H16F2N2O3. The summed E-state index contributed by atoms with van der Waals surface area (Å²) in [5.74, 6) is -5.99. The van der Waals surface area contributed by atoms with E-state index in [4.69, 9.17) is 5.73 Å². The summed E-state index contributed by atoms with van der Waals surface area (Å²) in [4.78, 5) is 22.6. The van der Waals surface area contributed by atoms with E-state index in [1.165, 1.54) is 12.1 Å². The Morgan fingerprint density at radius 3 is 2.57 bits per heavy atom. The van der Waals surface area contributed by atoms with Gasteiger partial charge < -0.3 is 16.2 Å². The summed E-state index contributed by atoms with van der Waals surface area (Å²) in [6.45, 7) is -0.175. The molecule has 0 unspecified atom stereocenters. The van der Waals surface area contributed by atoms with E-state index < -0.39 is 23.3 Å². The fourth-order valence-electron chi connectivity index (χ4n) is 2.16. The van der Waals surface area contributed by atoms with Crippen LogP contribution in [0.2, 0.25) is 0 Å². The lowest BCUT2D eigenvalue weighted by atomic mass is 9.75. The zero-order chi connectivity index (χ0) is 15.7. The van der Waals surface area contributed by atoms with Gasteiger partial charge in [-0.15, -0.1) is 0 Å². The van der Waals surface area contributed by atoms with Gasteiger partial charge in [0.1, 0.15) is 5.60 Å². The highest BCUT2D eigenvalue weighted by Crippen LogP contribution is 2.44. The Hall–Kier alpha value is -2.02. The van der Waals surface area contributed by atoms with Crippen molar-refractivity contribution in [3.8, 4) is 0 Å². The highest BCUT2D eigenvalue weighted by molar-refractivity contribution is 5.93. The second-order valence-corrected chi connectivity index (χ2v) is 5.21. The first-order valence-electron chi connectivity index (χ1n) is 6.53. The quantitative estimate of drug-likeness (QED) is 0.755. The van der Waals surface area contributed by atoms with E-state index in [0.717, 1.165) is 0 Å². The molecule has 0 heterocycles. The summed E-state index contributed by atoms with van der Waals surface area (Å²) in [6, 6.07) is 6.01. The lowest BCUT2D eigenvalue weighted by Crippen LogP contribution is -2.60. The number of nitrogens with two attached hydrogens (primary N) is 1. The van der Waals surface area contributed by atoms with Crippen LogP contribution in [0.3, 0.4) is 0 Å². The molecule has 1 aromatic carbocycles. The van der Waals surface area contributed by atoms with Gasteiger partial charge in [0, 0.05) is 12.1 Å². The minimum absolute atomic E-state index is 0.0927. The van der Waals surface area contributed by atoms with Gasteiger partial charge in [0.2, 0.25) is 5.91 Å². The molecule has 21 heavy (non-hydrogen) atoms. The number of carbonyl (C=O) groups excluding carboxylic acids is 2. The maximum absolute atomic E-state index is 13.8. The smallest absolute Gasteiger partial charge is 0.352 e. The number of benzene rings is 1. The predicted octanol–water partition coefficient (Wildman–Crippen LogP) is 0.952. The molecule has 0 atom stereocenters. The Kier molecular flexibility index (Phi) is 3.95. The first-order chi connectivity index (χ1) is 9.76. The van der Waals surface area contributed by atoms with Crippen LogP contribution >= 0.6 is 0 Å². The van der Waals surface area contributed by atoms with Gasteiger partial charge in [0.05, 0.1) is 0 Å². The number of hydrogen-bond acceptors (Lipinski definition) is 3. The molecule has 0 aliphatic heterocycles. The molecule has 0 bridgehead atoms. The number of hydrogen-bond donors (Lipinski definition) is 3. The molecule has 5 nitrogen and oxygen atoms in total. The largest absolute Gasteiger partial charge is 0.383 e. The van der Waals surface area contributed by atoms with Crippen LogP contribution in [0.1, 0.15) is 35.2 Å². The third-order valence-electron chi connectivity index (χ3n) is 3.71. The Morgan fingerprint density at radius 1 is 1.38 bits per heavy atom. The highest BCUT2D eigenvalue weighted by atomic mass is 19.3. The van der Waals surface area contributed by atoms with Crippen LogP contribution in [-0.2, 0) is 11.3 Å². The van der Waals surface area contributed by atoms with E-state index in [1.54, 1.807) is 12.1 Å². The Morgan fingerprint density at radius 2 is 2.05 bits per heavy atom. The van der Waals surface area contributed by atoms with Crippen molar-refractivity contribution in [2.75, 3.05) is 0 Å². The monoisotopic (exact) mass is 298 g/mol. The van der Waals surface area contributed by atoms with Crippen molar-refractivity contribution in [3.05, 3.63) is 35.4 Å². The van der Waals surface area contributed by atoms with E-state index in [-0.39, 0.29) is 24.9 Å². The zero-order valence-electron chi connectivity index (χ0n) is 11.2. The average Bonchev–Trinajstić information content (AvgIpc) is 2.42. The van der Waals surface area contributed by atoms with Crippen LogP contribution < -0.4 is 11.1 Å². The Balaban J connectivity index is 2.01. The number of primary amides is 1. The molecule has 1 aromatic rings. The van der Waals surface area contributed by atoms with E-state index in [2.05, 4.69) is 5.32 Å². The van der Waals surface area contributed by atoms with Crippen LogP contribution in [0.25, 0.3) is 0 Å². The lowest BCUT2D eigenvalue weighted by Gasteiger charge is -2.41. The second kappa shape index (κ2) is 5.40. The van der Waals surface area contributed by atoms with Gasteiger partial charge in [-0.1, -0.05) is 12.1 Å². The molecule has 0 spiro atoms. The first-order valence-corrected chi connectivity index (χ1v) is 6.53. The number of alkyl halides is 2. The SMILES string of the molecule is NC(=O)c1cccc(CNC(=O)C(F)(F)C2(O)CCC2)c1. The third kappa shape index (κ3) is 2.87. The number of halogens is 2. The van der Waals surface area contributed by atoms with Gasteiger partial charge in [-0.3, -0.25) is 9.59 Å². The molecule has 2 rings (SSSR count). The highest BCUT2D eigenvalue weighted by Gasteiger charge is 2.61. The molecule has 0 saturated heterocycles. The molecule has 4 N–H and O–H groups in total. The van der Waals surface area contributed by atoms with Gasteiger partial charge in [0.15, 0.2) is 0 Å². The summed E-state index contributed by atoms with van der Waals surface area (Å²) >= 11 is 0. The van der Waals surface area contributed by atoms with Crippen molar-refractivity contribution in [2.24, 2.45) is 5.73 Å². The topological polar surface area (TPSA) is 92.4 Å². The lowest BCUT2D eigenvalue weighted by molar-refractivity contribution is -0.216. The maximum Gasteiger partial charge on any atom is 0.352 e. The van der Waals surface area contributed by atoms with E-state index >= 15 is 0 Å². The summed E-state index contributed by atoms with van der Waals surface area (Å²) in [5.41, 5.74) is 3.56. The van der Waals surface area contributed by atoms with Crippen molar-refractivity contribution in [1.82, 2.24) is 5.32 Å². The van der Waals surface area contributed by atoms with Crippen molar-refractivity contribution < 1.29 is 23.5 Å². The van der Waals surface area contributed by atoms with E-state index in [0.29, 0.717) is 12.0 Å². The van der Waals surface area contributed by atoms with Gasteiger partial charge in [-0.25, -0.2) is 0 Å². The third-order valence-corrected chi connectivity index (χ3v) is 3.71. The van der Waals surface area contributed by atoms with E-state index in [1.807, 2.05) is 0 Å². The number of rotatable bonds is 5. The van der Waals surface area contributed by atoms with Crippen LogP contribution in [0.5, 0.6) is 0 Å². The zero-order valence-corrected chi connectivity index (χ0v) is 11.2. The van der Waals surface area contributed by atoms with Crippen molar-refractivity contribution in [3.63, 3.8) is 0 Å². The van der Waals surface area contributed by atoms with Crippen LogP contribution in [-0.4, -0.2) is 28.4 Å². The van der Waals surface area contributed by atoms with Gasteiger partial charge >= 0.3 is 5.92 Å². The predicted molar refractivity (Wildman–Crippen MR) is 70.6 cm³/mol. The Labute approximate surface area is 120 Å². The molecule has 1 fully saturated rings. The fraction of sp³-hybridized carbons (Fsp3) is 0.429. The van der Waals surface area contributed by atoms with Gasteiger partial charge in [-0.05, 0) is 37.0 Å². The molecular weight excluding hydrogens is 282 g/mol. The molecule has 2 amide bonds. The van der Waals surface area contributed by atoms with E-state index in [9.17, 15) is 23.5 Å². The molecule has 1 aliphatic rings. The summed E-state index contributed by atoms with van der Waals surface area (Å²) in [6.07, 6.45) is 0.287. The molecule has 0 aromatic heterocycles. The van der Waals surface area contributed by atoms with Gasteiger partial charge in [-0.2, -0.15) is 8.78 Å². The average molecular weight is 298 g/mol. The maximum atomic E-state index is 13.8. The normalized spacial score (nSPS) is 16.9. The summed E-state index contributed by atoms with van der Waals surface area (Å²) < 4.78 is 27.6. The van der Waals surface area contributed by atoms with Crippen molar-refractivity contribution in [1.29, 1.82) is 0 Å².